The molecule has 132 valence electrons. The van der Waals surface area contributed by atoms with Crippen LogP contribution in [0.4, 0.5) is 11.4 Å². The number of anilines is 2. The van der Waals surface area contributed by atoms with Crippen LogP contribution in [0.3, 0.4) is 0 Å². The molecular weight excluding hydrogens is 326 g/mol. The van der Waals surface area contributed by atoms with Crippen molar-refractivity contribution in [2.24, 2.45) is 0 Å². The highest BCUT2D eigenvalue weighted by Crippen LogP contribution is 2.22. The van der Waals surface area contributed by atoms with Crippen LogP contribution in [-0.2, 0) is 6.54 Å². The molecule has 1 N–H and O–H groups in total. The maximum absolute atomic E-state index is 12.3. The number of benzene rings is 2. The number of amides is 1. The number of nitrogens with zero attached hydrogens (tertiary/aromatic N) is 2. The van der Waals surface area contributed by atoms with Gasteiger partial charge in [0.2, 0.25) is 0 Å². The summed E-state index contributed by atoms with van der Waals surface area (Å²) in [4.78, 5) is 18.6. The summed E-state index contributed by atoms with van der Waals surface area (Å²) in [6, 6.07) is 21.2. The van der Waals surface area contributed by atoms with Gasteiger partial charge >= 0.3 is 0 Å². The summed E-state index contributed by atoms with van der Waals surface area (Å²) >= 11 is 0. The van der Waals surface area contributed by atoms with E-state index >= 15 is 0 Å². The maximum Gasteiger partial charge on any atom is 0.270 e. The van der Waals surface area contributed by atoms with Crippen molar-refractivity contribution in [3.63, 3.8) is 0 Å². The van der Waals surface area contributed by atoms with Crippen molar-refractivity contribution in [2.45, 2.75) is 6.54 Å². The van der Waals surface area contributed by atoms with Gasteiger partial charge in [-0.2, -0.15) is 0 Å². The van der Waals surface area contributed by atoms with Crippen LogP contribution in [0.1, 0.15) is 16.1 Å². The minimum Gasteiger partial charge on any atom is -0.497 e. The van der Waals surface area contributed by atoms with Gasteiger partial charge in [-0.1, -0.05) is 30.3 Å². The van der Waals surface area contributed by atoms with Crippen LogP contribution in [0, 0.1) is 0 Å². The Morgan fingerprint density at radius 1 is 1.00 bits per heavy atom. The summed E-state index contributed by atoms with van der Waals surface area (Å²) in [5, 5.41) is 2.88. The second-order valence-corrected chi connectivity index (χ2v) is 5.83. The summed E-state index contributed by atoms with van der Waals surface area (Å²) in [5.74, 6) is 0.592. The molecular formula is C21H21N3O2. The van der Waals surface area contributed by atoms with Gasteiger partial charge in [0.15, 0.2) is 0 Å². The number of aromatic nitrogens is 1. The molecule has 0 unspecified atom stereocenters. The highest BCUT2D eigenvalue weighted by Gasteiger charge is 2.09. The van der Waals surface area contributed by atoms with E-state index < -0.39 is 0 Å². The molecule has 1 aromatic heterocycles. The van der Waals surface area contributed by atoms with Gasteiger partial charge in [0.05, 0.1) is 19.0 Å². The first-order valence-corrected chi connectivity index (χ1v) is 8.33. The van der Waals surface area contributed by atoms with Crippen LogP contribution in [-0.4, -0.2) is 25.0 Å². The van der Waals surface area contributed by atoms with Gasteiger partial charge in [-0.15, -0.1) is 0 Å². The summed E-state index contributed by atoms with van der Waals surface area (Å²) in [5.41, 5.74) is 3.37. The molecule has 0 saturated carbocycles. The van der Waals surface area contributed by atoms with Gasteiger partial charge in [-0.05, 0) is 42.0 Å². The number of methoxy groups -OCH3 is 1. The molecule has 0 radical (unpaired) electrons. The van der Waals surface area contributed by atoms with Crippen molar-refractivity contribution < 1.29 is 9.53 Å². The first-order chi connectivity index (χ1) is 12.7. The normalized spacial score (nSPS) is 10.2. The van der Waals surface area contributed by atoms with Gasteiger partial charge in [0.25, 0.3) is 5.91 Å². The molecule has 5 nitrogen and oxygen atoms in total. The van der Waals surface area contributed by atoms with Crippen LogP contribution < -0.4 is 15.0 Å². The molecule has 2 aromatic carbocycles. The number of nitrogens with one attached hydrogen (secondary N) is 1. The fourth-order valence-electron chi connectivity index (χ4n) is 2.54. The van der Waals surface area contributed by atoms with Crippen molar-refractivity contribution in [1.29, 1.82) is 0 Å². The van der Waals surface area contributed by atoms with Gasteiger partial charge in [-0.3, -0.25) is 4.79 Å². The second-order valence-electron chi connectivity index (χ2n) is 5.83. The Kier molecular flexibility index (Phi) is 5.49. The number of carbonyl (C=O) groups excluding carboxylic acids is 1. The molecule has 0 saturated heterocycles. The van der Waals surface area contributed by atoms with Crippen molar-refractivity contribution in [3.8, 4) is 5.75 Å². The lowest BCUT2D eigenvalue weighted by atomic mass is 10.2. The van der Waals surface area contributed by atoms with Crippen molar-refractivity contribution in [1.82, 2.24) is 10.3 Å². The molecule has 0 bridgehead atoms. The Morgan fingerprint density at radius 3 is 2.35 bits per heavy atom. The molecule has 0 aliphatic heterocycles. The third-order valence-corrected chi connectivity index (χ3v) is 4.12. The topological polar surface area (TPSA) is 54.5 Å². The lowest BCUT2D eigenvalue weighted by Gasteiger charge is -2.19. The first-order valence-electron chi connectivity index (χ1n) is 8.33. The number of hydrogen-bond donors (Lipinski definition) is 1. The number of para-hydroxylation sites is 1. The SMILES string of the molecule is COc1ccc(CNC(=O)c2ccc(N(C)c3ccccc3)cn2)cc1. The Hall–Kier alpha value is -3.34. The van der Waals surface area contributed by atoms with E-state index in [1.54, 1.807) is 19.4 Å². The monoisotopic (exact) mass is 347 g/mol. The van der Waals surface area contributed by atoms with Crippen LogP contribution in [0.15, 0.2) is 72.9 Å². The standard InChI is InChI=1S/C21H21N3O2/c1-24(17-6-4-3-5-7-17)18-10-13-20(22-15-18)21(25)23-14-16-8-11-19(26-2)12-9-16/h3-13,15H,14H2,1-2H3,(H,23,25). The van der Waals surface area contributed by atoms with E-state index in [9.17, 15) is 4.79 Å². The first kappa shape index (κ1) is 17.5. The Labute approximate surface area is 153 Å². The van der Waals surface area contributed by atoms with E-state index in [-0.39, 0.29) is 5.91 Å². The minimum atomic E-state index is -0.199. The largest absolute Gasteiger partial charge is 0.497 e. The molecule has 0 fully saturated rings. The number of ether oxygens (including phenoxy) is 1. The molecule has 0 aliphatic carbocycles. The van der Waals surface area contributed by atoms with E-state index in [1.807, 2.05) is 72.6 Å². The molecule has 1 heterocycles. The smallest absolute Gasteiger partial charge is 0.270 e. The minimum absolute atomic E-state index is 0.199. The molecule has 3 aromatic rings. The second kappa shape index (κ2) is 8.16. The zero-order valence-corrected chi connectivity index (χ0v) is 14.8. The van der Waals surface area contributed by atoms with Gasteiger partial charge in [-0.25, -0.2) is 4.98 Å². The summed E-state index contributed by atoms with van der Waals surface area (Å²) in [6.45, 7) is 0.441. The third-order valence-electron chi connectivity index (χ3n) is 4.12. The number of carbonyl (C=O) groups is 1. The highest BCUT2D eigenvalue weighted by atomic mass is 16.5. The third kappa shape index (κ3) is 4.19. The predicted molar refractivity (Wildman–Crippen MR) is 103 cm³/mol. The number of hydrogen-bond acceptors (Lipinski definition) is 4. The molecule has 0 atom stereocenters. The molecule has 5 heteroatoms. The van der Waals surface area contributed by atoms with E-state index in [4.69, 9.17) is 4.74 Å². The average Bonchev–Trinajstić information content (AvgIpc) is 2.72. The van der Waals surface area contributed by atoms with Gasteiger partial charge < -0.3 is 15.0 Å². The van der Waals surface area contributed by atoms with Crippen molar-refractivity contribution in [2.75, 3.05) is 19.1 Å². The fourth-order valence-corrected chi connectivity index (χ4v) is 2.54. The lowest BCUT2D eigenvalue weighted by molar-refractivity contribution is 0.0946. The van der Waals surface area contributed by atoms with Gasteiger partial charge in [0, 0.05) is 19.3 Å². The summed E-state index contributed by atoms with van der Waals surface area (Å²) in [6.07, 6.45) is 1.70. The fraction of sp³-hybridized carbons (Fsp3) is 0.143. The molecule has 0 aliphatic rings. The molecule has 3 rings (SSSR count). The summed E-state index contributed by atoms with van der Waals surface area (Å²) in [7, 11) is 3.59. The predicted octanol–water partition coefficient (Wildman–Crippen LogP) is 3.79. The lowest BCUT2D eigenvalue weighted by Crippen LogP contribution is -2.23. The Bertz CT molecular complexity index is 847. The number of pyridine rings is 1. The zero-order valence-electron chi connectivity index (χ0n) is 14.8. The van der Waals surface area contributed by atoms with Crippen LogP contribution in [0.25, 0.3) is 0 Å². The number of rotatable bonds is 6. The van der Waals surface area contributed by atoms with Gasteiger partial charge in [0.1, 0.15) is 11.4 Å². The van der Waals surface area contributed by atoms with Crippen LogP contribution in [0.2, 0.25) is 0 Å². The van der Waals surface area contributed by atoms with Crippen molar-refractivity contribution in [3.05, 3.63) is 84.2 Å². The maximum atomic E-state index is 12.3. The Morgan fingerprint density at radius 2 is 1.73 bits per heavy atom. The Balaban J connectivity index is 1.61. The molecule has 26 heavy (non-hydrogen) atoms. The zero-order chi connectivity index (χ0) is 18.4. The van der Waals surface area contributed by atoms with E-state index in [0.29, 0.717) is 12.2 Å². The summed E-state index contributed by atoms with van der Waals surface area (Å²) < 4.78 is 5.13. The molecule has 1 amide bonds. The van der Waals surface area contributed by atoms with Crippen molar-refractivity contribution >= 4 is 17.3 Å². The van der Waals surface area contributed by atoms with Crippen LogP contribution in [0.5, 0.6) is 5.75 Å². The quantitative estimate of drug-likeness (QED) is 0.737. The highest BCUT2D eigenvalue weighted by molar-refractivity contribution is 5.92. The van der Waals surface area contributed by atoms with E-state index in [1.165, 1.54) is 0 Å². The average molecular weight is 347 g/mol. The van der Waals surface area contributed by atoms with Crippen LogP contribution >= 0.6 is 0 Å². The molecule has 0 spiro atoms. The van der Waals surface area contributed by atoms with E-state index in [0.717, 1.165) is 22.7 Å². The van der Waals surface area contributed by atoms with E-state index in [2.05, 4.69) is 10.3 Å².